The van der Waals surface area contributed by atoms with Crippen LogP contribution < -0.4 is 10.5 Å². The lowest BCUT2D eigenvalue weighted by Gasteiger charge is -2.11. The van der Waals surface area contributed by atoms with E-state index in [0.29, 0.717) is 13.2 Å². The van der Waals surface area contributed by atoms with Gasteiger partial charge in [-0.15, -0.1) is 0 Å². The van der Waals surface area contributed by atoms with E-state index in [4.69, 9.17) is 15.2 Å². The molecule has 90 valence electrons. The van der Waals surface area contributed by atoms with Crippen LogP contribution in [-0.2, 0) is 4.74 Å². The van der Waals surface area contributed by atoms with Crippen molar-refractivity contribution in [3.05, 3.63) is 29.8 Å². The molecule has 16 heavy (non-hydrogen) atoms. The second kappa shape index (κ2) is 6.40. The molecule has 0 aliphatic heterocycles. The highest BCUT2D eigenvalue weighted by atomic mass is 19.1. The number of rotatable bonds is 6. The molecule has 0 fully saturated rings. The van der Waals surface area contributed by atoms with Crippen molar-refractivity contribution in [1.82, 2.24) is 0 Å². The van der Waals surface area contributed by atoms with Crippen molar-refractivity contribution >= 4 is 0 Å². The van der Waals surface area contributed by atoms with Crippen LogP contribution in [0.15, 0.2) is 18.2 Å². The van der Waals surface area contributed by atoms with Gasteiger partial charge < -0.3 is 15.2 Å². The first-order valence-electron chi connectivity index (χ1n) is 5.03. The van der Waals surface area contributed by atoms with E-state index < -0.39 is 11.6 Å². The van der Waals surface area contributed by atoms with Crippen molar-refractivity contribution in [2.45, 2.75) is 13.0 Å². The summed E-state index contributed by atoms with van der Waals surface area (Å²) in [5, 5.41) is 0. The van der Waals surface area contributed by atoms with Gasteiger partial charge in [-0.2, -0.15) is 0 Å². The molecular weight excluding hydrogens is 216 g/mol. The van der Waals surface area contributed by atoms with Crippen LogP contribution in [-0.4, -0.2) is 25.9 Å². The zero-order valence-electron chi connectivity index (χ0n) is 9.08. The predicted octanol–water partition coefficient (Wildman–Crippen LogP) is 1.71. The van der Waals surface area contributed by atoms with Gasteiger partial charge in [-0.1, -0.05) is 0 Å². The summed E-state index contributed by atoms with van der Waals surface area (Å²) in [6, 6.07) is 3.16. The van der Waals surface area contributed by atoms with Crippen LogP contribution in [0.1, 0.15) is 6.92 Å². The molecule has 1 unspecified atom stereocenters. The smallest absolute Gasteiger partial charge is 0.167 e. The zero-order valence-corrected chi connectivity index (χ0v) is 9.08. The van der Waals surface area contributed by atoms with Gasteiger partial charge in [0.25, 0.3) is 0 Å². The fraction of sp³-hybridized carbons (Fsp3) is 0.455. The van der Waals surface area contributed by atoms with Crippen molar-refractivity contribution < 1.29 is 18.3 Å². The van der Waals surface area contributed by atoms with Crippen LogP contribution in [0, 0.1) is 11.6 Å². The summed E-state index contributed by atoms with van der Waals surface area (Å²) in [6.45, 7) is 2.77. The molecule has 0 heterocycles. The van der Waals surface area contributed by atoms with Crippen molar-refractivity contribution in [2.75, 3.05) is 19.8 Å². The third-order valence-corrected chi connectivity index (χ3v) is 1.97. The first kappa shape index (κ1) is 12.9. The summed E-state index contributed by atoms with van der Waals surface area (Å²) in [5.41, 5.74) is 5.34. The topological polar surface area (TPSA) is 44.5 Å². The summed E-state index contributed by atoms with van der Waals surface area (Å²) in [4.78, 5) is 0. The molecule has 3 nitrogen and oxygen atoms in total. The Balaban J connectivity index is 2.32. The van der Waals surface area contributed by atoms with E-state index in [-0.39, 0.29) is 18.5 Å². The van der Waals surface area contributed by atoms with E-state index in [1.54, 1.807) is 0 Å². The molecule has 0 aromatic heterocycles. The largest absolute Gasteiger partial charge is 0.488 e. The van der Waals surface area contributed by atoms with Crippen molar-refractivity contribution in [3.63, 3.8) is 0 Å². The van der Waals surface area contributed by atoms with Gasteiger partial charge in [0.05, 0.1) is 12.7 Å². The normalized spacial score (nSPS) is 12.5. The summed E-state index contributed by atoms with van der Waals surface area (Å²) in [6.07, 6.45) is -0.0540. The lowest BCUT2D eigenvalue weighted by molar-refractivity contribution is 0.0488. The zero-order chi connectivity index (χ0) is 12.0. The maximum atomic E-state index is 13.1. The Hall–Kier alpha value is -1.20. The minimum absolute atomic E-state index is 0.0189. The molecular formula is C11H15F2NO2. The minimum Gasteiger partial charge on any atom is -0.488 e. The van der Waals surface area contributed by atoms with Crippen LogP contribution in [0.25, 0.3) is 0 Å². The summed E-state index contributed by atoms with van der Waals surface area (Å²) < 4.78 is 35.9. The second-order valence-corrected chi connectivity index (χ2v) is 3.34. The fourth-order valence-corrected chi connectivity index (χ4v) is 1.06. The minimum atomic E-state index is -0.716. The van der Waals surface area contributed by atoms with Gasteiger partial charge in [0.15, 0.2) is 11.6 Å². The highest BCUT2D eigenvalue weighted by molar-refractivity contribution is 5.24. The SMILES string of the molecule is CC(CN)OCCOc1ccc(F)cc1F. The predicted molar refractivity (Wildman–Crippen MR) is 56.3 cm³/mol. The van der Waals surface area contributed by atoms with E-state index in [2.05, 4.69) is 0 Å². The molecule has 0 saturated heterocycles. The van der Waals surface area contributed by atoms with Gasteiger partial charge in [0.2, 0.25) is 0 Å². The Labute approximate surface area is 93.2 Å². The van der Waals surface area contributed by atoms with Crippen LogP contribution >= 0.6 is 0 Å². The first-order valence-corrected chi connectivity index (χ1v) is 5.03. The molecule has 0 aliphatic carbocycles. The highest BCUT2D eigenvalue weighted by Crippen LogP contribution is 2.17. The molecule has 0 aliphatic rings. The number of benzene rings is 1. The summed E-state index contributed by atoms with van der Waals surface area (Å²) in [5.74, 6) is -1.32. The van der Waals surface area contributed by atoms with E-state index in [1.807, 2.05) is 6.92 Å². The molecule has 0 spiro atoms. The second-order valence-electron chi connectivity index (χ2n) is 3.34. The molecule has 1 atom stereocenters. The molecule has 5 heteroatoms. The summed E-state index contributed by atoms with van der Waals surface area (Å²) in [7, 11) is 0. The third kappa shape index (κ3) is 4.12. The van der Waals surface area contributed by atoms with E-state index in [1.165, 1.54) is 6.07 Å². The van der Waals surface area contributed by atoms with Crippen LogP contribution in [0.5, 0.6) is 5.75 Å². The number of hydrogen-bond donors (Lipinski definition) is 1. The van der Waals surface area contributed by atoms with Gasteiger partial charge in [-0.3, -0.25) is 0 Å². The van der Waals surface area contributed by atoms with Crippen LogP contribution in [0.4, 0.5) is 8.78 Å². The van der Waals surface area contributed by atoms with E-state index >= 15 is 0 Å². The van der Waals surface area contributed by atoms with E-state index in [0.717, 1.165) is 12.1 Å². The van der Waals surface area contributed by atoms with Crippen LogP contribution in [0.3, 0.4) is 0 Å². The standard InChI is InChI=1S/C11H15F2NO2/c1-8(7-14)15-4-5-16-11-3-2-9(12)6-10(11)13/h2-3,6,8H,4-5,7,14H2,1H3. The Morgan fingerprint density at radius 3 is 2.69 bits per heavy atom. The van der Waals surface area contributed by atoms with Gasteiger partial charge in [-0.25, -0.2) is 8.78 Å². The fourth-order valence-electron chi connectivity index (χ4n) is 1.06. The third-order valence-electron chi connectivity index (χ3n) is 1.97. The number of nitrogens with two attached hydrogens (primary N) is 1. The Morgan fingerprint density at radius 2 is 2.06 bits per heavy atom. The Morgan fingerprint density at radius 1 is 1.31 bits per heavy atom. The molecule has 1 aromatic rings. The lowest BCUT2D eigenvalue weighted by atomic mass is 10.3. The van der Waals surface area contributed by atoms with Gasteiger partial charge in [0, 0.05) is 12.6 Å². The maximum Gasteiger partial charge on any atom is 0.167 e. The molecule has 0 saturated carbocycles. The highest BCUT2D eigenvalue weighted by Gasteiger charge is 2.05. The summed E-state index contributed by atoms with van der Waals surface area (Å²) >= 11 is 0. The van der Waals surface area contributed by atoms with Crippen molar-refractivity contribution in [1.29, 1.82) is 0 Å². The molecule has 0 radical (unpaired) electrons. The van der Waals surface area contributed by atoms with Gasteiger partial charge >= 0.3 is 0 Å². The molecule has 0 amide bonds. The lowest BCUT2D eigenvalue weighted by Crippen LogP contribution is -2.22. The van der Waals surface area contributed by atoms with E-state index in [9.17, 15) is 8.78 Å². The quantitative estimate of drug-likeness (QED) is 0.758. The first-order chi connectivity index (χ1) is 7.63. The Bertz CT molecular complexity index is 334. The molecule has 1 aromatic carbocycles. The number of ether oxygens (including phenoxy) is 2. The van der Waals surface area contributed by atoms with Crippen LogP contribution in [0.2, 0.25) is 0 Å². The molecule has 0 bridgehead atoms. The maximum absolute atomic E-state index is 13.1. The number of hydrogen-bond acceptors (Lipinski definition) is 3. The van der Waals surface area contributed by atoms with Crippen molar-refractivity contribution in [3.8, 4) is 5.75 Å². The van der Waals surface area contributed by atoms with Gasteiger partial charge in [0.1, 0.15) is 12.4 Å². The average Bonchev–Trinajstić information content (AvgIpc) is 2.26. The molecule has 1 rings (SSSR count). The monoisotopic (exact) mass is 231 g/mol. The number of halogens is 2. The van der Waals surface area contributed by atoms with Gasteiger partial charge in [-0.05, 0) is 19.1 Å². The average molecular weight is 231 g/mol. The Kier molecular flexibility index (Phi) is 5.14. The van der Waals surface area contributed by atoms with Crippen molar-refractivity contribution in [2.24, 2.45) is 5.73 Å². The molecule has 2 N–H and O–H groups in total.